The van der Waals surface area contributed by atoms with Crippen molar-refractivity contribution in [1.82, 2.24) is 10.2 Å². The number of benzene rings is 3. The van der Waals surface area contributed by atoms with Crippen LogP contribution in [-0.2, 0) is 38.8 Å². The topological polar surface area (TPSA) is 86.8 Å². The first-order chi connectivity index (χ1) is 21.8. The third-order valence-electron chi connectivity index (χ3n) is 8.10. The molecule has 0 saturated heterocycles. The van der Waals surface area contributed by atoms with Gasteiger partial charge >= 0.3 is 6.18 Å². The summed E-state index contributed by atoms with van der Waals surface area (Å²) < 4.78 is 66.3. The van der Waals surface area contributed by atoms with Gasteiger partial charge in [0.15, 0.2) is 0 Å². The summed E-state index contributed by atoms with van der Waals surface area (Å²) in [4.78, 5) is 29.4. The Balaban J connectivity index is 1.59. The minimum atomic E-state index is -4.65. The Hall–Kier alpha value is -3.57. The van der Waals surface area contributed by atoms with E-state index in [0.29, 0.717) is 5.02 Å². The van der Waals surface area contributed by atoms with Gasteiger partial charge in [0.2, 0.25) is 21.8 Å². The van der Waals surface area contributed by atoms with Crippen molar-refractivity contribution in [3.05, 3.63) is 101 Å². The van der Waals surface area contributed by atoms with Crippen LogP contribution >= 0.6 is 11.6 Å². The fourth-order valence-corrected chi connectivity index (χ4v) is 6.81. The highest BCUT2D eigenvalue weighted by molar-refractivity contribution is 7.92. The quantitative estimate of drug-likeness (QED) is 0.211. The molecule has 0 aliphatic heterocycles. The first-order valence-corrected chi connectivity index (χ1v) is 17.6. The number of nitrogens with one attached hydrogen (secondary N) is 1. The second-order valence-corrected chi connectivity index (χ2v) is 14.0. The first-order valence-electron chi connectivity index (χ1n) is 15.3. The van der Waals surface area contributed by atoms with Crippen molar-refractivity contribution >= 4 is 39.1 Å². The molecule has 46 heavy (non-hydrogen) atoms. The summed E-state index contributed by atoms with van der Waals surface area (Å²) >= 11 is 6.10. The molecule has 248 valence electrons. The van der Waals surface area contributed by atoms with Crippen LogP contribution in [0.5, 0.6) is 0 Å². The molecular formula is C34H39ClF3N3O4S. The Kier molecular flexibility index (Phi) is 12.1. The second kappa shape index (κ2) is 15.8. The van der Waals surface area contributed by atoms with Crippen molar-refractivity contribution in [2.75, 3.05) is 17.1 Å². The summed E-state index contributed by atoms with van der Waals surface area (Å²) in [6.45, 7) is -0.118. The van der Waals surface area contributed by atoms with Gasteiger partial charge in [-0.2, -0.15) is 13.2 Å². The lowest BCUT2D eigenvalue weighted by molar-refractivity contribution is -0.141. The van der Waals surface area contributed by atoms with Crippen LogP contribution in [0.15, 0.2) is 78.9 Å². The van der Waals surface area contributed by atoms with Crippen molar-refractivity contribution in [2.45, 2.75) is 76.2 Å². The van der Waals surface area contributed by atoms with E-state index in [0.717, 1.165) is 72.0 Å². The number of hydrogen-bond acceptors (Lipinski definition) is 4. The Bertz CT molecular complexity index is 1560. The molecule has 0 spiro atoms. The third kappa shape index (κ3) is 10.2. The third-order valence-corrected chi connectivity index (χ3v) is 9.55. The van der Waals surface area contributed by atoms with Gasteiger partial charge in [-0.3, -0.25) is 13.9 Å². The van der Waals surface area contributed by atoms with E-state index in [-0.39, 0.29) is 55.9 Å². The first kappa shape index (κ1) is 35.3. The fourth-order valence-electron chi connectivity index (χ4n) is 5.73. The Morgan fingerprint density at radius 3 is 2.24 bits per heavy atom. The number of amides is 2. The Morgan fingerprint density at radius 2 is 1.61 bits per heavy atom. The number of carbonyl (C=O) groups excluding carboxylic acids is 2. The molecule has 0 heterocycles. The second-order valence-electron chi connectivity index (χ2n) is 11.7. The number of alkyl halides is 3. The summed E-state index contributed by atoms with van der Waals surface area (Å²) in [7, 11) is -3.97. The highest BCUT2D eigenvalue weighted by atomic mass is 35.5. The number of halogens is 4. The molecule has 0 bridgehead atoms. The Morgan fingerprint density at radius 1 is 0.935 bits per heavy atom. The van der Waals surface area contributed by atoms with Crippen LogP contribution < -0.4 is 9.62 Å². The van der Waals surface area contributed by atoms with Crippen molar-refractivity contribution in [2.24, 2.45) is 0 Å². The van der Waals surface area contributed by atoms with E-state index < -0.39 is 27.8 Å². The molecule has 4 rings (SSSR count). The predicted molar refractivity (Wildman–Crippen MR) is 174 cm³/mol. The number of nitrogens with zero attached hydrogens (tertiary/aromatic N) is 2. The van der Waals surface area contributed by atoms with E-state index in [9.17, 15) is 31.2 Å². The molecule has 1 aliphatic rings. The molecule has 3 aromatic carbocycles. The highest BCUT2D eigenvalue weighted by Gasteiger charge is 2.33. The number of hydrogen-bond donors (Lipinski definition) is 1. The maximum absolute atomic E-state index is 14.0. The highest BCUT2D eigenvalue weighted by Crippen LogP contribution is 2.32. The average molecular weight is 678 g/mol. The molecule has 1 fully saturated rings. The van der Waals surface area contributed by atoms with Gasteiger partial charge in [0.05, 0.1) is 17.5 Å². The molecule has 1 aliphatic carbocycles. The van der Waals surface area contributed by atoms with Gasteiger partial charge in [-0.25, -0.2) is 8.42 Å². The zero-order chi connectivity index (χ0) is 33.3. The monoisotopic (exact) mass is 677 g/mol. The maximum atomic E-state index is 14.0. The lowest BCUT2D eigenvalue weighted by Crippen LogP contribution is -2.52. The van der Waals surface area contributed by atoms with E-state index >= 15 is 0 Å². The lowest BCUT2D eigenvalue weighted by atomic mass is 9.94. The molecule has 0 aromatic heterocycles. The van der Waals surface area contributed by atoms with Gasteiger partial charge in [-0.1, -0.05) is 79.4 Å². The number of sulfonamides is 1. The molecule has 2 amide bonds. The van der Waals surface area contributed by atoms with Gasteiger partial charge in [-0.15, -0.1) is 0 Å². The fraction of sp³-hybridized carbons (Fsp3) is 0.412. The van der Waals surface area contributed by atoms with Gasteiger partial charge in [0.1, 0.15) is 6.04 Å². The summed E-state index contributed by atoms with van der Waals surface area (Å²) in [6, 6.07) is 19.6. The van der Waals surface area contributed by atoms with Gasteiger partial charge in [0.25, 0.3) is 0 Å². The molecule has 0 radical (unpaired) electrons. The van der Waals surface area contributed by atoms with Crippen LogP contribution in [0.2, 0.25) is 5.02 Å². The van der Waals surface area contributed by atoms with Crippen molar-refractivity contribution in [1.29, 1.82) is 0 Å². The molecular weight excluding hydrogens is 639 g/mol. The van der Waals surface area contributed by atoms with Crippen molar-refractivity contribution < 1.29 is 31.2 Å². The minimum absolute atomic E-state index is 0.0154. The van der Waals surface area contributed by atoms with E-state index in [2.05, 4.69) is 5.32 Å². The normalized spacial score (nSPS) is 14.8. The smallest absolute Gasteiger partial charge is 0.352 e. The molecule has 1 saturated carbocycles. The largest absolute Gasteiger partial charge is 0.416 e. The molecule has 12 heteroatoms. The van der Waals surface area contributed by atoms with E-state index in [1.807, 2.05) is 30.3 Å². The van der Waals surface area contributed by atoms with E-state index in [1.54, 1.807) is 24.3 Å². The number of anilines is 1. The van der Waals surface area contributed by atoms with Crippen molar-refractivity contribution in [3.63, 3.8) is 0 Å². The Labute approximate surface area is 273 Å². The van der Waals surface area contributed by atoms with Crippen LogP contribution in [0.25, 0.3) is 0 Å². The van der Waals surface area contributed by atoms with Gasteiger partial charge in [0, 0.05) is 37.0 Å². The zero-order valence-electron chi connectivity index (χ0n) is 25.7. The number of rotatable bonds is 13. The molecule has 1 N–H and O–H groups in total. The van der Waals surface area contributed by atoms with Crippen LogP contribution in [0.1, 0.15) is 61.6 Å². The van der Waals surface area contributed by atoms with Crippen LogP contribution in [0.4, 0.5) is 18.9 Å². The lowest BCUT2D eigenvalue weighted by Gasteiger charge is -2.34. The number of carbonyl (C=O) groups is 2. The van der Waals surface area contributed by atoms with E-state index in [1.165, 1.54) is 11.0 Å². The summed E-state index contributed by atoms with van der Waals surface area (Å²) in [5, 5.41) is 3.69. The van der Waals surface area contributed by atoms with Crippen LogP contribution in [-0.4, -0.2) is 50.0 Å². The van der Waals surface area contributed by atoms with Crippen LogP contribution in [0.3, 0.4) is 0 Å². The van der Waals surface area contributed by atoms with E-state index in [4.69, 9.17) is 11.6 Å². The standard InChI is InChI=1S/C34H39ClF3N3O4S/c1-46(44,45)41(30-15-8-12-27(23-30)34(36,37)38)21-9-16-32(42)40(24-26-17-19-28(35)20-18-26)31(22-25-10-4-2-5-11-25)33(43)39-29-13-6-3-7-14-29/h2,4-5,8,10-12,15,17-20,23,29,31H,3,6-7,9,13-14,16,21-22,24H2,1H3,(H,39,43)/t31-/m1/s1. The van der Waals surface area contributed by atoms with Gasteiger partial charge < -0.3 is 10.2 Å². The predicted octanol–water partition coefficient (Wildman–Crippen LogP) is 6.99. The molecule has 7 nitrogen and oxygen atoms in total. The summed E-state index contributed by atoms with van der Waals surface area (Å²) in [5.74, 6) is -0.646. The zero-order valence-corrected chi connectivity index (χ0v) is 27.3. The van der Waals surface area contributed by atoms with Crippen molar-refractivity contribution in [3.8, 4) is 0 Å². The molecule has 1 atom stereocenters. The van der Waals surface area contributed by atoms with Crippen LogP contribution in [0, 0.1) is 0 Å². The maximum Gasteiger partial charge on any atom is 0.416 e. The summed E-state index contributed by atoms with van der Waals surface area (Å²) in [5.41, 5.74) is 0.504. The SMILES string of the molecule is CS(=O)(=O)N(CCCC(=O)N(Cc1ccc(Cl)cc1)[C@H](Cc1ccccc1)C(=O)NC1CCCCC1)c1cccc(C(F)(F)F)c1. The minimum Gasteiger partial charge on any atom is -0.352 e. The average Bonchev–Trinajstić information content (AvgIpc) is 3.02. The van der Waals surface area contributed by atoms with Gasteiger partial charge in [-0.05, 0) is 60.7 Å². The molecule has 0 unspecified atom stereocenters. The summed E-state index contributed by atoms with van der Waals surface area (Å²) in [6.07, 6.45) is 1.29. The molecule has 3 aromatic rings.